The number of hydrogen-bond acceptors (Lipinski definition) is 8. The first-order valence-electron chi connectivity index (χ1n) is 11.8. The van der Waals surface area contributed by atoms with Crippen molar-refractivity contribution < 1.29 is 9.47 Å². The van der Waals surface area contributed by atoms with Gasteiger partial charge in [0.1, 0.15) is 0 Å². The smallest absolute Gasteiger partial charge is 0.320 e. The molecule has 0 radical (unpaired) electrons. The van der Waals surface area contributed by atoms with Gasteiger partial charge in [0.15, 0.2) is 17.0 Å². The van der Waals surface area contributed by atoms with E-state index in [1.807, 2.05) is 4.57 Å². The maximum Gasteiger partial charge on any atom is 0.320 e. The number of methoxy groups -OCH3 is 1. The van der Waals surface area contributed by atoms with Gasteiger partial charge >= 0.3 is 6.01 Å². The summed E-state index contributed by atoms with van der Waals surface area (Å²) in [6.45, 7) is 12.9. The third-order valence-electron chi connectivity index (χ3n) is 6.00. The van der Waals surface area contributed by atoms with E-state index >= 15 is 0 Å². The molecule has 1 saturated heterocycles. The van der Waals surface area contributed by atoms with Crippen LogP contribution in [-0.2, 0) is 6.54 Å². The van der Waals surface area contributed by atoms with E-state index in [2.05, 4.69) is 38.6 Å². The van der Waals surface area contributed by atoms with Gasteiger partial charge in [-0.3, -0.25) is 4.57 Å². The van der Waals surface area contributed by atoms with E-state index in [4.69, 9.17) is 15.2 Å². The number of ether oxygens (including phenoxy) is 2. The van der Waals surface area contributed by atoms with Crippen LogP contribution in [0.5, 0.6) is 12.0 Å². The number of piperazine rings is 1. The van der Waals surface area contributed by atoms with Crippen molar-refractivity contribution in [1.29, 1.82) is 0 Å². The Morgan fingerprint density at radius 3 is 2.26 bits per heavy atom. The molecule has 2 aromatic heterocycles. The summed E-state index contributed by atoms with van der Waals surface area (Å²) in [5, 5.41) is 0. The Balaban J connectivity index is 1.49. The molecule has 0 bridgehead atoms. The number of aromatic nitrogens is 4. The number of anilines is 1. The SMILES string of the molecule is CCCCOc1nc(N)c2nc(OC)n(CCCCCCN3CCN(CC)CC3)c2n1. The Morgan fingerprint density at radius 2 is 1.58 bits per heavy atom. The molecule has 0 saturated carbocycles. The first-order chi connectivity index (χ1) is 15.2. The van der Waals surface area contributed by atoms with Crippen molar-refractivity contribution in [3.63, 3.8) is 0 Å². The number of fused-ring (bicyclic) bond motifs is 1. The number of nitrogens with zero attached hydrogens (tertiary/aromatic N) is 6. The fourth-order valence-corrected chi connectivity index (χ4v) is 4.00. The van der Waals surface area contributed by atoms with Crippen molar-refractivity contribution >= 4 is 17.0 Å². The van der Waals surface area contributed by atoms with Crippen molar-refractivity contribution in [3.8, 4) is 12.0 Å². The van der Waals surface area contributed by atoms with E-state index in [-0.39, 0.29) is 0 Å². The molecule has 2 N–H and O–H groups in total. The molecule has 1 aliphatic rings. The second-order valence-corrected chi connectivity index (χ2v) is 8.21. The molecule has 31 heavy (non-hydrogen) atoms. The maximum atomic E-state index is 6.11. The lowest BCUT2D eigenvalue weighted by Gasteiger charge is -2.33. The average molecular weight is 434 g/mol. The normalized spacial score (nSPS) is 15.6. The van der Waals surface area contributed by atoms with Crippen LogP contribution in [-0.4, -0.2) is 82.3 Å². The van der Waals surface area contributed by atoms with Gasteiger partial charge in [-0.05, 0) is 32.4 Å². The highest BCUT2D eigenvalue weighted by Gasteiger charge is 2.18. The van der Waals surface area contributed by atoms with Gasteiger partial charge in [0.25, 0.3) is 6.01 Å². The zero-order valence-electron chi connectivity index (χ0n) is 19.5. The second kappa shape index (κ2) is 12.0. The van der Waals surface area contributed by atoms with Crippen molar-refractivity contribution in [1.82, 2.24) is 29.3 Å². The minimum Gasteiger partial charge on any atom is -0.468 e. The van der Waals surface area contributed by atoms with Crippen molar-refractivity contribution in [2.45, 2.75) is 58.9 Å². The van der Waals surface area contributed by atoms with Gasteiger partial charge in [-0.1, -0.05) is 33.1 Å². The standard InChI is InChI=1S/C22H39N7O2/c1-4-6-17-31-21-25-19(23)18-20(26-21)29(22(24-18)30-3)12-10-8-7-9-11-28-15-13-27(5-2)14-16-28/h4-17H2,1-3H3,(H2,23,25,26). The Morgan fingerprint density at radius 1 is 0.871 bits per heavy atom. The number of likely N-dealkylation sites (N-methyl/N-ethyl adjacent to an activating group) is 1. The molecule has 0 unspecified atom stereocenters. The molecule has 0 atom stereocenters. The van der Waals surface area contributed by atoms with Crippen LogP contribution in [0, 0.1) is 0 Å². The molecule has 1 aliphatic heterocycles. The summed E-state index contributed by atoms with van der Waals surface area (Å²) in [6.07, 6.45) is 6.69. The van der Waals surface area contributed by atoms with Crippen LogP contribution in [0.15, 0.2) is 0 Å². The number of hydrogen-bond donors (Lipinski definition) is 1. The molecule has 0 aromatic carbocycles. The Kier molecular flexibility index (Phi) is 9.14. The van der Waals surface area contributed by atoms with Crippen LogP contribution < -0.4 is 15.2 Å². The summed E-state index contributed by atoms with van der Waals surface area (Å²) >= 11 is 0. The van der Waals surface area contributed by atoms with Gasteiger partial charge in [-0.25, -0.2) is 0 Å². The van der Waals surface area contributed by atoms with Crippen molar-refractivity contribution in [3.05, 3.63) is 0 Å². The first kappa shape index (κ1) is 23.5. The van der Waals surface area contributed by atoms with E-state index in [1.165, 1.54) is 52.1 Å². The topological polar surface area (TPSA) is 94.6 Å². The van der Waals surface area contributed by atoms with E-state index < -0.39 is 0 Å². The number of unbranched alkanes of at least 4 members (excludes halogenated alkanes) is 4. The predicted octanol–water partition coefficient (Wildman–Crippen LogP) is 2.79. The number of imidazole rings is 1. The summed E-state index contributed by atoms with van der Waals surface area (Å²) in [7, 11) is 1.62. The lowest BCUT2D eigenvalue weighted by Crippen LogP contribution is -2.46. The predicted molar refractivity (Wildman–Crippen MR) is 124 cm³/mol. The summed E-state index contributed by atoms with van der Waals surface area (Å²) < 4.78 is 13.1. The van der Waals surface area contributed by atoms with Crippen LogP contribution in [0.2, 0.25) is 0 Å². The van der Waals surface area contributed by atoms with E-state index in [1.54, 1.807) is 7.11 Å². The van der Waals surface area contributed by atoms with Gasteiger partial charge < -0.3 is 25.0 Å². The highest BCUT2D eigenvalue weighted by atomic mass is 16.5. The Labute approximate surface area is 185 Å². The van der Waals surface area contributed by atoms with Gasteiger partial charge in [0.05, 0.1) is 13.7 Å². The average Bonchev–Trinajstić information content (AvgIpc) is 3.15. The van der Waals surface area contributed by atoms with Crippen molar-refractivity contribution in [2.24, 2.45) is 0 Å². The molecule has 9 nitrogen and oxygen atoms in total. The molecular formula is C22H39N7O2. The molecule has 2 aromatic rings. The van der Waals surface area contributed by atoms with Crippen LogP contribution in [0.1, 0.15) is 52.4 Å². The monoisotopic (exact) mass is 433 g/mol. The molecular weight excluding hydrogens is 394 g/mol. The summed E-state index contributed by atoms with van der Waals surface area (Å²) in [4.78, 5) is 18.4. The molecule has 174 valence electrons. The molecule has 9 heteroatoms. The summed E-state index contributed by atoms with van der Waals surface area (Å²) in [6, 6.07) is 0.834. The van der Waals surface area contributed by atoms with Gasteiger partial charge in [-0.2, -0.15) is 15.0 Å². The number of rotatable bonds is 13. The lowest BCUT2D eigenvalue weighted by atomic mass is 10.1. The largest absolute Gasteiger partial charge is 0.468 e. The third-order valence-corrected chi connectivity index (χ3v) is 6.00. The van der Waals surface area contributed by atoms with Gasteiger partial charge in [-0.15, -0.1) is 0 Å². The van der Waals surface area contributed by atoms with Gasteiger partial charge in [0, 0.05) is 32.7 Å². The maximum absolute atomic E-state index is 6.11. The Bertz CT molecular complexity index is 803. The van der Waals surface area contributed by atoms with E-state index in [9.17, 15) is 0 Å². The van der Waals surface area contributed by atoms with Crippen LogP contribution in [0.25, 0.3) is 11.2 Å². The highest BCUT2D eigenvalue weighted by molar-refractivity contribution is 5.83. The molecule has 3 rings (SSSR count). The van der Waals surface area contributed by atoms with Crippen LogP contribution in [0.4, 0.5) is 5.82 Å². The Hall–Kier alpha value is -2.13. The molecule has 3 heterocycles. The minimum absolute atomic E-state index is 0.311. The third kappa shape index (κ3) is 6.43. The van der Waals surface area contributed by atoms with Crippen molar-refractivity contribution in [2.75, 3.05) is 58.7 Å². The summed E-state index contributed by atoms with van der Waals surface area (Å²) in [5.74, 6) is 0.330. The minimum atomic E-state index is 0.311. The molecule has 0 amide bonds. The number of nitrogen functional groups attached to an aromatic ring is 1. The fraction of sp³-hybridized carbons (Fsp3) is 0.773. The molecule has 0 spiro atoms. The first-order valence-corrected chi connectivity index (χ1v) is 11.8. The van der Waals surface area contributed by atoms with E-state index in [0.29, 0.717) is 35.6 Å². The quantitative estimate of drug-likeness (QED) is 0.482. The summed E-state index contributed by atoms with van der Waals surface area (Å²) in [5.41, 5.74) is 7.37. The zero-order valence-corrected chi connectivity index (χ0v) is 19.5. The molecule has 0 aliphatic carbocycles. The number of nitrogens with two attached hydrogens (primary N) is 1. The lowest BCUT2D eigenvalue weighted by molar-refractivity contribution is 0.135. The fourth-order valence-electron chi connectivity index (χ4n) is 4.00. The van der Waals surface area contributed by atoms with Crippen LogP contribution in [0.3, 0.4) is 0 Å². The van der Waals surface area contributed by atoms with Gasteiger partial charge in [0.2, 0.25) is 0 Å². The zero-order chi connectivity index (χ0) is 22.1. The molecule has 1 fully saturated rings. The second-order valence-electron chi connectivity index (χ2n) is 8.21. The number of aryl methyl sites for hydroxylation is 1. The van der Waals surface area contributed by atoms with Crippen LogP contribution >= 0.6 is 0 Å². The van der Waals surface area contributed by atoms with E-state index in [0.717, 1.165) is 32.2 Å². The highest BCUT2D eigenvalue weighted by Crippen LogP contribution is 2.26.